The van der Waals surface area contributed by atoms with Crippen molar-refractivity contribution in [3.63, 3.8) is 0 Å². The number of carbonyl (C=O) groups is 1. The highest BCUT2D eigenvalue weighted by Gasteiger charge is 2.21. The van der Waals surface area contributed by atoms with Gasteiger partial charge in [-0.3, -0.25) is 4.79 Å². The molecule has 0 radical (unpaired) electrons. The molecule has 2 N–H and O–H groups in total. The molecular weight excluding hydrogens is 310 g/mol. The number of carbonyl (C=O) groups excluding carboxylic acids is 1. The smallest absolute Gasteiger partial charge is 0.189 e. The number of hydrogen-bond donors (Lipinski definition) is 2. The summed E-state index contributed by atoms with van der Waals surface area (Å²) in [4.78, 5) is 13.0. The van der Waals surface area contributed by atoms with Crippen molar-refractivity contribution in [3.05, 3.63) is 102 Å². The molecule has 3 heteroatoms. The molecule has 3 rings (SSSR count). The van der Waals surface area contributed by atoms with Crippen molar-refractivity contribution in [2.75, 3.05) is 11.9 Å². The number of Topliss-reactive ketones (excluding diaryl/α,β-unsaturated/α-hetero) is 1. The molecule has 0 saturated heterocycles. The van der Waals surface area contributed by atoms with E-state index >= 15 is 0 Å². The van der Waals surface area contributed by atoms with E-state index in [2.05, 4.69) is 5.32 Å². The van der Waals surface area contributed by atoms with Crippen LogP contribution >= 0.6 is 0 Å². The van der Waals surface area contributed by atoms with Crippen molar-refractivity contribution in [2.45, 2.75) is 12.5 Å². The predicted molar refractivity (Wildman–Crippen MR) is 101 cm³/mol. The van der Waals surface area contributed by atoms with Crippen molar-refractivity contribution >= 4 is 11.5 Å². The van der Waals surface area contributed by atoms with Crippen LogP contribution < -0.4 is 5.32 Å². The van der Waals surface area contributed by atoms with Crippen molar-refractivity contribution in [1.29, 1.82) is 0 Å². The lowest BCUT2D eigenvalue weighted by Gasteiger charge is -2.20. The van der Waals surface area contributed by atoms with E-state index in [1.54, 1.807) is 0 Å². The van der Waals surface area contributed by atoms with Crippen LogP contribution in [0.5, 0.6) is 0 Å². The largest absolute Gasteiger partial charge is 0.396 e. The van der Waals surface area contributed by atoms with Crippen molar-refractivity contribution in [1.82, 2.24) is 0 Å². The molecule has 0 amide bonds. The van der Waals surface area contributed by atoms with Gasteiger partial charge in [-0.05, 0) is 29.7 Å². The third kappa shape index (κ3) is 4.34. The van der Waals surface area contributed by atoms with Gasteiger partial charge < -0.3 is 10.4 Å². The van der Waals surface area contributed by atoms with Gasteiger partial charge in [-0.2, -0.15) is 0 Å². The van der Waals surface area contributed by atoms with Crippen LogP contribution in [0, 0.1) is 0 Å². The standard InChI is InChI=1S/C22H21NO2/c24-16-15-17-11-13-20(14-12-17)23-21(18-7-3-1-4-8-18)22(25)19-9-5-2-6-10-19/h1-14,21,23-24H,15-16H2. The van der Waals surface area contributed by atoms with Crippen LogP contribution in [0.2, 0.25) is 0 Å². The van der Waals surface area contributed by atoms with Gasteiger partial charge in [0.05, 0.1) is 0 Å². The maximum atomic E-state index is 13.0. The minimum absolute atomic E-state index is 0.0336. The fourth-order valence-electron chi connectivity index (χ4n) is 2.78. The van der Waals surface area contributed by atoms with Crippen molar-refractivity contribution < 1.29 is 9.90 Å². The quantitative estimate of drug-likeness (QED) is 0.636. The number of anilines is 1. The molecule has 0 bridgehead atoms. The Morgan fingerprint density at radius 2 is 1.44 bits per heavy atom. The molecule has 126 valence electrons. The van der Waals surface area contributed by atoms with Gasteiger partial charge in [-0.25, -0.2) is 0 Å². The minimum Gasteiger partial charge on any atom is -0.396 e. The lowest BCUT2D eigenvalue weighted by molar-refractivity contribution is 0.0969. The van der Waals surface area contributed by atoms with E-state index in [-0.39, 0.29) is 12.4 Å². The zero-order valence-electron chi connectivity index (χ0n) is 13.9. The molecule has 0 saturated carbocycles. The molecule has 0 aliphatic carbocycles. The molecule has 0 heterocycles. The number of hydrogen-bond acceptors (Lipinski definition) is 3. The van der Waals surface area contributed by atoms with Gasteiger partial charge in [0.15, 0.2) is 5.78 Å². The third-order valence-corrected chi connectivity index (χ3v) is 4.12. The summed E-state index contributed by atoms with van der Waals surface area (Å²) < 4.78 is 0. The molecule has 0 aromatic heterocycles. The molecule has 0 aliphatic rings. The Balaban J connectivity index is 1.88. The molecule has 3 aromatic carbocycles. The number of ketones is 1. The SMILES string of the molecule is O=C(c1ccccc1)C(Nc1ccc(CCO)cc1)c1ccccc1. The van der Waals surface area contributed by atoms with Crippen LogP contribution in [-0.4, -0.2) is 17.5 Å². The summed E-state index contributed by atoms with van der Waals surface area (Å²) in [6.45, 7) is 0.131. The van der Waals surface area contributed by atoms with Crippen LogP contribution in [0.4, 0.5) is 5.69 Å². The highest BCUT2D eigenvalue weighted by molar-refractivity contribution is 6.02. The zero-order chi connectivity index (χ0) is 17.5. The maximum Gasteiger partial charge on any atom is 0.189 e. The van der Waals surface area contributed by atoms with E-state index in [9.17, 15) is 4.79 Å². The molecule has 25 heavy (non-hydrogen) atoms. The maximum absolute atomic E-state index is 13.0. The summed E-state index contributed by atoms with van der Waals surface area (Å²) in [6.07, 6.45) is 0.630. The Hall–Kier alpha value is -2.91. The second-order valence-corrected chi connectivity index (χ2v) is 5.89. The van der Waals surface area contributed by atoms with E-state index in [1.165, 1.54) is 0 Å². The highest BCUT2D eigenvalue weighted by atomic mass is 16.2. The van der Waals surface area contributed by atoms with Gasteiger partial charge in [-0.1, -0.05) is 72.8 Å². The van der Waals surface area contributed by atoms with E-state index in [0.29, 0.717) is 12.0 Å². The van der Waals surface area contributed by atoms with Crippen molar-refractivity contribution in [3.8, 4) is 0 Å². The topological polar surface area (TPSA) is 49.3 Å². The Bertz CT molecular complexity index is 798. The lowest BCUT2D eigenvalue weighted by Crippen LogP contribution is -2.21. The van der Waals surface area contributed by atoms with E-state index in [0.717, 1.165) is 16.8 Å². The number of aliphatic hydroxyl groups is 1. The zero-order valence-corrected chi connectivity index (χ0v) is 13.9. The fraction of sp³-hybridized carbons (Fsp3) is 0.136. The summed E-state index contributed by atoms with van der Waals surface area (Å²) in [5, 5.41) is 12.4. The Kier molecular flexibility index (Phi) is 5.60. The highest BCUT2D eigenvalue weighted by Crippen LogP contribution is 2.24. The molecule has 1 unspecified atom stereocenters. The third-order valence-electron chi connectivity index (χ3n) is 4.12. The average molecular weight is 331 g/mol. The summed E-state index contributed by atoms with van der Waals surface area (Å²) in [6, 6.07) is 26.4. The molecule has 1 atom stereocenters. The van der Waals surface area contributed by atoms with Gasteiger partial charge in [0.25, 0.3) is 0 Å². The van der Waals surface area contributed by atoms with Gasteiger partial charge in [-0.15, -0.1) is 0 Å². The number of nitrogens with one attached hydrogen (secondary N) is 1. The molecule has 3 nitrogen and oxygen atoms in total. The Morgan fingerprint density at radius 3 is 2.04 bits per heavy atom. The van der Waals surface area contributed by atoms with Crippen molar-refractivity contribution in [2.24, 2.45) is 0 Å². The van der Waals surface area contributed by atoms with Crippen LogP contribution in [0.25, 0.3) is 0 Å². The van der Waals surface area contributed by atoms with Gasteiger partial charge in [0.2, 0.25) is 0 Å². The predicted octanol–water partition coefficient (Wildman–Crippen LogP) is 4.26. The summed E-state index contributed by atoms with van der Waals surface area (Å²) in [7, 11) is 0. The number of benzene rings is 3. The average Bonchev–Trinajstić information content (AvgIpc) is 2.68. The monoisotopic (exact) mass is 331 g/mol. The Morgan fingerprint density at radius 1 is 0.840 bits per heavy atom. The van der Waals surface area contributed by atoms with Gasteiger partial charge >= 0.3 is 0 Å². The van der Waals surface area contributed by atoms with E-state index < -0.39 is 6.04 Å². The van der Waals surface area contributed by atoms with Crippen LogP contribution in [-0.2, 0) is 6.42 Å². The fourth-order valence-corrected chi connectivity index (χ4v) is 2.78. The molecule has 3 aromatic rings. The Labute approximate surface area is 148 Å². The molecule has 0 aliphatic heterocycles. The normalized spacial score (nSPS) is 11.7. The first-order valence-electron chi connectivity index (χ1n) is 8.38. The first-order valence-corrected chi connectivity index (χ1v) is 8.38. The number of rotatable bonds is 7. The summed E-state index contributed by atoms with van der Waals surface area (Å²) >= 11 is 0. The van der Waals surface area contributed by atoms with Crippen LogP contribution in [0.1, 0.15) is 27.5 Å². The second kappa shape index (κ2) is 8.27. The molecule has 0 fully saturated rings. The first-order chi connectivity index (χ1) is 12.3. The second-order valence-electron chi connectivity index (χ2n) is 5.89. The van der Waals surface area contributed by atoms with E-state index in [4.69, 9.17) is 5.11 Å². The van der Waals surface area contributed by atoms with Gasteiger partial charge in [0.1, 0.15) is 6.04 Å². The number of aliphatic hydroxyl groups excluding tert-OH is 1. The molecule has 0 spiro atoms. The van der Waals surface area contributed by atoms with Crippen LogP contribution in [0.15, 0.2) is 84.9 Å². The van der Waals surface area contributed by atoms with E-state index in [1.807, 2.05) is 84.9 Å². The first kappa shape index (κ1) is 16.9. The summed E-state index contributed by atoms with van der Waals surface area (Å²) in [5.74, 6) is 0.0336. The summed E-state index contributed by atoms with van der Waals surface area (Å²) in [5.41, 5.74) is 3.55. The molecular formula is C22H21NO2. The minimum atomic E-state index is -0.452. The van der Waals surface area contributed by atoms with Crippen LogP contribution in [0.3, 0.4) is 0 Å². The van der Waals surface area contributed by atoms with Gasteiger partial charge in [0, 0.05) is 17.9 Å². The lowest BCUT2D eigenvalue weighted by atomic mass is 9.97.